The number of nitrogens with one attached hydrogen (secondary N) is 1. The van der Waals surface area contributed by atoms with E-state index in [1.54, 1.807) is 12.6 Å². The zero-order valence-electron chi connectivity index (χ0n) is 11.5. The second-order valence-electron chi connectivity index (χ2n) is 4.38. The number of amides is 2. The molecule has 8 heteroatoms. The van der Waals surface area contributed by atoms with Gasteiger partial charge in [0.15, 0.2) is 0 Å². The first kappa shape index (κ1) is 14.9. The molecule has 0 spiro atoms. The lowest BCUT2D eigenvalue weighted by atomic mass is 10.3. The highest BCUT2D eigenvalue weighted by Crippen LogP contribution is 2.15. The van der Waals surface area contributed by atoms with Gasteiger partial charge < -0.3 is 15.3 Å². The summed E-state index contributed by atoms with van der Waals surface area (Å²) in [5.74, 6) is -1.11. The molecular weight excluding hydrogens is 292 g/mol. The SMILES string of the molecule is Cc1ncsc1CN(C)C(=O)Nc1ccc(C(=O)O)nc1. The molecule has 0 fully saturated rings. The predicted molar refractivity (Wildman–Crippen MR) is 78.5 cm³/mol. The summed E-state index contributed by atoms with van der Waals surface area (Å²) in [6.07, 6.45) is 1.31. The number of rotatable bonds is 4. The molecule has 2 heterocycles. The van der Waals surface area contributed by atoms with Gasteiger partial charge in [0.25, 0.3) is 0 Å². The Morgan fingerprint density at radius 2 is 2.14 bits per heavy atom. The second-order valence-corrected chi connectivity index (χ2v) is 5.32. The van der Waals surface area contributed by atoms with Crippen molar-refractivity contribution in [1.82, 2.24) is 14.9 Å². The molecule has 0 unspecified atom stereocenters. The average molecular weight is 306 g/mol. The van der Waals surface area contributed by atoms with Crippen molar-refractivity contribution < 1.29 is 14.7 Å². The van der Waals surface area contributed by atoms with Crippen molar-refractivity contribution in [3.63, 3.8) is 0 Å². The topological polar surface area (TPSA) is 95.4 Å². The summed E-state index contributed by atoms with van der Waals surface area (Å²) < 4.78 is 0. The Balaban J connectivity index is 1.97. The highest BCUT2D eigenvalue weighted by molar-refractivity contribution is 7.09. The quantitative estimate of drug-likeness (QED) is 0.903. The van der Waals surface area contributed by atoms with Gasteiger partial charge in [0.1, 0.15) is 5.69 Å². The Morgan fingerprint density at radius 1 is 1.38 bits per heavy atom. The first-order valence-electron chi connectivity index (χ1n) is 6.08. The minimum absolute atomic E-state index is 0.0679. The van der Waals surface area contributed by atoms with E-state index < -0.39 is 5.97 Å². The average Bonchev–Trinajstić information content (AvgIpc) is 2.84. The molecule has 2 N–H and O–H groups in total. The van der Waals surface area contributed by atoms with Gasteiger partial charge in [0, 0.05) is 11.9 Å². The van der Waals surface area contributed by atoms with E-state index in [1.807, 2.05) is 6.92 Å². The van der Waals surface area contributed by atoms with Crippen LogP contribution in [0.2, 0.25) is 0 Å². The number of aromatic nitrogens is 2. The Hall–Kier alpha value is -2.48. The number of carbonyl (C=O) groups is 2. The van der Waals surface area contributed by atoms with Crippen molar-refractivity contribution >= 4 is 29.0 Å². The van der Waals surface area contributed by atoms with E-state index in [0.717, 1.165) is 10.6 Å². The molecule has 0 aromatic carbocycles. The summed E-state index contributed by atoms with van der Waals surface area (Å²) in [5, 5.41) is 11.4. The molecule has 0 atom stereocenters. The molecule has 0 aliphatic rings. The highest BCUT2D eigenvalue weighted by atomic mass is 32.1. The molecule has 110 valence electrons. The molecule has 2 aromatic rings. The predicted octanol–water partition coefficient (Wildman–Crippen LogP) is 2.21. The molecule has 7 nitrogen and oxygen atoms in total. The van der Waals surface area contributed by atoms with Crippen LogP contribution in [0.4, 0.5) is 10.5 Å². The van der Waals surface area contributed by atoms with Crippen LogP contribution in [-0.4, -0.2) is 39.0 Å². The zero-order valence-corrected chi connectivity index (χ0v) is 12.3. The fourth-order valence-electron chi connectivity index (χ4n) is 1.58. The number of pyridine rings is 1. The number of anilines is 1. The number of carbonyl (C=O) groups excluding carboxylic acids is 1. The van der Waals surface area contributed by atoms with Crippen molar-refractivity contribution in [2.75, 3.05) is 12.4 Å². The normalized spacial score (nSPS) is 10.2. The van der Waals surface area contributed by atoms with Crippen molar-refractivity contribution in [1.29, 1.82) is 0 Å². The molecule has 0 radical (unpaired) electrons. The van der Waals surface area contributed by atoms with Crippen molar-refractivity contribution in [3.8, 4) is 0 Å². The van der Waals surface area contributed by atoms with E-state index in [4.69, 9.17) is 5.11 Å². The van der Waals surface area contributed by atoms with Gasteiger partial charge in [0.2, 0.25) is 0 Å². The highest BCUT2D eigenvalue weighted by Gasteiger charge is 2.12. The number of aryl methyl sites for hydroxylation is 1. The first-order valence-corrected chi connectivity index (χ1v) is 6.95. The number of thiazole rings is 1. The lowest BCUT2D eigenvalue weighted by Crippen LogP contribution is -2.30. The van der Waals surface area contributed by atoms with Gasteiger partial charge in [-0.25, -0.2) is 19.6 Å². The van der Waals surface area contributed by atoms with Crippen LogP contribution in [0.1, 0.15) is 21.1 Å². The molecule has 2 rings (SSSR count). The largest absolute Gasteiger partial charge is 0.477 e. The molecule has 2 aromatic heterocycles. The van der Waals surface area contributed by atoms with Gasteiger partial charge in [-0.05, 0) is 19.1 Å². The van der Waals surface area contributed by atoms with Gasteiger partial charge in [-0.15, -0.1) is 11.3 Å². The standard InChI is InChI=1S/C13H14N4O3S/c1-8-11(21-7-15-8)6-17(2)13(20)16-9-3-4-10(12(18)19)14-5-9/h3-5,7H,6H2,1-2H3,(H,16,20)(H,18,19). The Labute approximate surface area is 125 Å². The monoisotopic (exact) mass is 306 g/mol. The number of aromatic carboxylic acids is 1. The fraction of sp³-hybridized carbons (Fsp3) is 0.231. The molecule has 21 heavy (non-hydrogen) atoms. The van der Waals surface area contributed by atoms with Gasteiger partial charge in [-0.3, -0.25) is 0 Å². The smallest absolute Gasteiger partial charge is 0.354 e. The van der Waals surface area contributed by atoms with Crippen molar-refractivity contribution in [2.45, 2.75) is 13.5 Å². The zero-order chi connectivity index (χ0) is 15.4. The third kappa shape index (κ3) is 3.76. The summed E-state index contributed by atoms with van der Waals surface area (Å²) in [6.45, 7) is 2.36. The summed E-state index contributed by atoms with van der Waals surface area (Å²) in [7, 11) is 1.67. The number of carboxylic acids is 1. The van der Waals surface area contributed by atoms with Gasteiger partial charge in [-0.2, -0.15) is 0 Å². The number of nitrogens with zero attached hydrogens (tertiary/aromatic N) is 3. The Kier molecular flexibility index (Phi) is 4.49. The van der Waals surface area contributed by atoms with Crippen molar-refractivity contribution in [2.24, 2.45) is 0 Å². The minimum atomic E-state index is -1.11. The molecule has 0 saturated heterocycles. The van der Waals surface area contributed by atoms with E-state index in [9.17, 15) is 9.59 Å². The van der Waals surface area contributed by atoms with Crippen LogP contribution in [0.3, 0.4) is 0 Å². The van der Waals surface area contributed by atoms with Crippen LogP contribution in [0.15, 0.2) is 23.8 Å². The molecule has 0 aliphatic carbocycles. The van der Waals surface area contributed by atoms with E-state index in [-0.39, 0.29) is 11.7 Å². The summed E-state index contributed by atoms with van der Waals surface area (Å²) in [5.41, 5.74) is 3.02. The van der Waals surface area contributed by atoms with Gasteiger partial charge in [-0.1, -0.05) is 0 Å². The number of hydrogen-bond acceptors (Lipinski definition) is 5. The van der Waals surface area contributed by atoms with E-state index >= 15 is 0 Å². The lowest BCUT2D eigenvalue weighted by molar-refractivity contribution is 0.0690. The third-order valence-corrected chi connectivity index (χ3v) is 3.73. The summed E-state index contributed by atoms with van der Waals surface area (Å²) in [6, 6.07) is 2.54. The molecule has 0 saturated carbocycles. The second kappa shape index (κ2) is 6.31. The van der Waals surface area contributed by atoms with E-state index in [2.05, 4.69) is 15.3 Å². The fourth-order valence-corrected chi connectivity index (χ4v) is 2.41. The molecule has 0 aliphatic heterocycles. The van der Waals surface area contributed by atoms with Crippen LogP contribution in [0.5, 0.6) is 0 Å². The summed E-state index contributed by atoms with van der Waals surface area (Å²) >= 11 is 1.50. The van der Waals surface area contributed by atoms with Gasteiger partial charge >= 0.3 is 12.0 Å². The molecule has 2 amide bonds. The van der Waals surface area contributed by atoms with E-state index in [1.165, 1.54) is 34.6 Å². The van der Waals surface area contributed by atoms with Crippen LogP contribution < -0.4 is 5.32 Å². The maximum absolute atomic E-state index is 12.0. The number of hydrogen-bond donors (Lipinski definition) is 2. The summed E-state index contributed by atoms with van der Waals surface area (Å²) in [4.78, 5) is 33.1. The number of carboxylic acid groups (broad SMARTS) is 1. The minimum Gasteiger partial charge on any atom is -0.477 e. The van der Waals surface area contributed by atoms with Gasteiger partial charge in [0.05, 0.1) is 29.6 Å². The first-order chi connectivity index (χ1) is 9.97. The van der Waals surface area contributed by atoms with Crippen LogP contribution in [0.25, 0.3) is 0 Å². The maximum atomic E-state index is 12.0. The number of urea groups is 1. The van der Waals surface area contributed by atoms with Crippen molar-refractivity contribution in [3.05, 3.63) is 40.1 Å². The molecule has 0 bridgehead atoms. The maximum Gasteiger partial charge on any atom is 0.354 e. The lowest BCUT2D eigenvalue weighted by Gasteiger charge is -2.17. The van der Waals surface area contributed by atoms with Crippen LogP contribution >= 0.6 is 11.3 Å². The van der Waals surface area contributed by atoms with E-state index in [0.29, 0.717) is 12.2 Å². The Bertz CT molecular complexity index is 654. The molecular formula is C13H14N4O3S. The van der Waals surface area contributed by atoms with Crippen LogP contribution in [0, 0.1) is 6.92 Å². The third-order valence-electron chi connectivity index (χ3n) is 2.81. The Morgan fingerprint density at radius 3 is 2.67 bits per heavy atom. The van der Waals surface area contributed by atoms with Crippen LogP contribution in [-0.2, 0) is 6.54 Å².